The van der Waals surface area contributed by atoms with Crippen LogP contribution >= 0.6 is 0 Å². The van der Waals surface area contributed by atoms with Crippen LogP contribution in [0.1, 0.15) is 169 Å². The Balaban J connectivity index is 3.80. The average Bonchev–Trinajstić information content (AvgIpc) is 2.87. The highest BCUT2D eigenvalue weighted by molar-refractivity contribution is 4.92. The summed E-state index contributed by atoms with van der Waals surface area (Å²) >= 11 is 0. The minimum absolute atomic E-state index is 0.573. The van der Waals surface area contributed by atoms with Crippen LogP contribution in [0.4, 0.5) is 0 Å². The highest BCUT2D eigenvalue weighted by Crippen LogP contribution is 2.20. The number of rotatable bonds is 28. The van der Waals surface area contributed by atoms with E-state index < -0.39 is 0 Å². The predicted molar refractivity (Wildman–Crippen MR) is 165 cm³/mol. The zero-order valence-electron chi connectivity index (χ0n) is 25.3. The van der Waals surface area contributed by atoms with Gasteiger partial charge >= 0.3 is 0 Å². The Morgan fingerprint density at radius 1 is 0.528 bits per heavy atom. The van der Waals surface area contributed by atoms with Crippen LogP contribution in [0.25, 0.3) is 0 Å². The van der Waals surface area contributed by atoms with Gasteiger partial charge in [0.25, 0.3) is 0 Å². The van der Waals surface area contributed by atoms with Gasteiger partial charge in [-0.15, -0.1) is 0 Å². The third-order valence-electron chi connectivity index (χ3n) is 7.17. The SMILES string of the molecule is CCCCC/C=C\C/C=C\CCCCCCCCC(CCCCCCCCCC)CO/C=C/C(C)C. The summed E-state index contributed by atoms with van der Waals surface area (Å²) in [7, 11) is 0. The van der Waals surface area contributed by atoms with Gasteiger partial charge in [-0.25, -0.2) is 0 Å². The molecular formula is C35H66O. The first-order valence-corrected chi connectivity index (χ1v) is 16.3. The maximum Gasteiger partial charge on any atom is 0.0901 e. The Morgan fingerprint density at radius 2 is 0.972 bits per heavy atom. The van der Waals surface area contributed by atoms with Crippen molar-refractivity contribution in [1.29, 1.82) is 0 Å². The van der Waals surface area contributed by atoms with Crippen LogP contribution in [0.5, 0.6) is 0 Å². The second-order valence-corrected chi connectivity index (χ2v) is 11.4. The summed E-state index contributed by atoms with van der Waals surface area (Å²) in [4.78, 5) is 0. The topological polar surface area (TPSA) is 9.23 Å². The molecule has 1 nitrogen and oxygen atoms in total. The monoisotopic (exact) mass is 503 g/mol. The molecule has 212 valence electrons. The van der Waals surface area contributed by atoms with Crippen molar-refractivity contribution in [3.05, 3.63) is 36.6 Å². The molecule has 0 aromatic heterocycles. The van der Waals surface area contributed by atoms with Gasteiger partial charge in [0.2, 0.25) is 0 Å². The van der Waals surface area contributed by atoms with E-state index >= 15 is 0 Å². The maximum atomic E-state index is 5.92. The third-order valence-corrected chi connectivity index (χ3v) is 7.17. The van der Waals surface area contributed by atoms with E-state index in [0.717, 1.165) is 18.9 Å². The van der Waals surface area contributed by atoms with Gasteiger partial charge in [0.15, 0.2) is 0 Å². The van der Waals surface area contributed by atoms with Crippen LogP contribution in [0.2, 0.25) is 0 Å². The van der Waals surface area contributed by atoms with Gasteiger partial charge in [-0.2, -0.15) is 0 Å². The van der Waals surface area contributed by atoms with Crippen molar-refractivity contribution >= 4 is 0 Å². The minimum atomic E-state index is 0.573. The molecule has 1 heteroatoms. The zero-order valence-corrected chi connectivity index (χ0v) is 25.3. The van der Waals surface area contributed by atoms with Gasteiger partial charge in [0.05, 0.1) is 12.9 Å². The molecule has 0 saturated carbocycles. The summed E-state index contributed by atoms with van der Waals surface area (Å²) in [6.07, 6.45) is 43.5. The van der Waals surface area contributed by atoms with E-state index in [1.165, 1.54) is 135 Å². The van der Waals surface area contributed by atoms with E-state index in [4.69, 9.17) is 4.74 Å². The Bertz CT molecular complexity index is 487. The molecule has 0 bridgehead atoms. The maximum absolute atomic E-state index is 5.92. The number of allylic oxidation sites excluding steroid dienone is 5. The van der Waals surface area contributed by atoms with Crippen LogP contribution in [0, 0.1) is 11.8 Å². The molecule has 0 aliphatic rings. The molecule has 0 aliphatic heterocycles. The minimum Gasteiger partial charge on any atom is -0.501 e. The molecule has 0 amide bonds. The first-order valence-electron chi connectivity index (χ1n) is 16.3. The summed E-state index contributed by atoms with van der Waals surface area (Å²) in [5.74, 6) is 1.32. The number of unbranched alkanes of at least 4 members (excludes halogenated alkanes) is 16. The van der Waals surface area contributed by atoms with E-state index in [1.807, 2.05) is 6.26 Å². The molecule has 0 spiro atoms. The van der Waals surface area contributed by atoms with Crippen LogP contribution in [-0.4, -0.2) is 6.61 Å². The molecule has 0 radical (unpaired) electrons. The molecule has 0 heterocycles. The van der Waals surface area contributed by atoms with Gasteiger partial charge in [0, 0.05) is 0 Å². The van der Waals surface area contributed by atoms with E-state index in [0.29, 0.717) is 5.92 Å². The number of ether oxygens (including phenoxy) is 1. The van der Waals surface area contributed by atoms with Gasteiger partial charge < -0.3 is 4.74 Å². The first kappa shape index (κ1) is 35.0. The zero-order chi connectivity index (χ0) is 26.4. The van der Waals surface area contributed by atoms with E-state index in [1.54, 1.807) is 0 Å². The van der Waals surface area contributed by atoms with Crippen LogP contribution in [0.15, 0.2) is 36.6 Å². The second-order valence-electron chi connectivity index (χ2n) is 11.4. The Kier molecular flexibility index (Phi) is 29.4. The summed E-state index contributed by atoms with van der Waals surface area (Å²) < 4.78 is 5.92. The molecule has 0 N–H and O–H groups in total. The third kappa shape index (κ3) is 29.3. The quantitative estimate of drug-likeness (QED) is 0.0587. The summed E-state index contributed by atoms with van der Waals surface area (Å²) in [5, 5.41) is 0. The van der Waals surface area contributed by atoms with Gasteiger partial charge in [0.1, 0.15) is 0 Å². The van der Waals surface area contributed by atoms with Gasteiger partial charge in [-0.1, -0.05) is 148 Å². The smallest absolute Gasteiger partial charge is 0.0901 e. The van der Waals surface area contributed by atoms with Crippen LogP contribution in [-0.2, 0) is 4.74 Å². The lowest BCUT2D eigenvalue weighted by Crippen LogP contribution is -2.08. The van der Waals surface area contributed by atoms with Crippen molar-refractivity contribution in [2.24, 2.45) is 11.8 Å². The fourth-order valence-corrected chi connectivity index (χ4v) is 4.70. The molecule has 0 fully saturated rings. The lowest BCUT2D eigenvalue weighted by molar-refractivity contribution is 0.175. The fourth-order valence-electron chi connectivity index (χ4n) is 4.70. The first-order chi connectivity index (χ1) is 17.7. The molecule has 36 heavy (non-hydrogen) atoms. The van der Waals surface area contributed by atoms with Crippen molar-refractivity contribution in [2.45, 2.75) is 169 Å². The highest BCUT2D eigenvalue weighted by Gasteiger charge is 2.09. The number of hydrogen-bond donors (Lipinski definition) is 0. The summed E-state index contributed by atoms with van der Waals surface area (Å²) in [5.41, 5.74) is 0. The molecule has 0 aromatic carbocycles. The molecule has 0 saturated heterocycles. The van der Waals surface area contributed by atoms with Crippen molar-refractivity contribution in [3.8, 4) is 0 Å². The van der Waals surface area contributed by atoms with Crippen molar-refractivity contribution in [3.63, 3.8) is 0 Å². The lowest BCUT2D eigenvalue weighted by Gasteiger charge is -2.16. The van der Waals surface area contributed by atoms with Crippen molar-refractivity contribution in [2.75, 3.05) is 6.61 Å². The Morgan fingerprint density at radius 3 is 1.50 bits per heavy atom. The van der Waals surface area contributed by atoms with Crippen molar-refractivity contribution in [1.82, 2.24) is 0 Å². The Hall–Kier alpha value is -0.980. The second kappa shape index (κ2) is 30.2. The standard InChI is InChI=1S/C35H66O/c1-5-7-9-11-13-15-16-17-18-19-20-21-22-24-26-28-30-35(33-36-32-31-34(3)4)29-27-25-23-14-12-10-8-6-2/h13,15,17-18,31-32,34-35H,5-12,14,16,19-30,33H2,1-4H3/b15-13-,18-17-,32-31+. The summed E-state index contributed by atoms with van der Waals surface area (Å²) in [6.45, 7) is 9.91. The summed E-state index contributed by atoms with van der Waals surface area (Å²) in [6, 6.07) is 0. The lowest BCUT2D eigenvalue weighted by atomic mass is 9.94. The molecular weight excluding hydrogens is 436 g/mol. The van der Waals surface area contributed by atoms with Crippen LogP contribution < -0.4 is 0 Å². The van der Waals surface area contributed by atoms with E-state index in [-0.39, 0.29) is 0 Å². The number of hydrogen-bond acceptors (Lipinski definition) is 1. The van der Waals surface area contributed by atoms with Gasteiger partial charge in [-0.05, 0) is 62.9 Å². The molecule has 0 aromatic rings. The van der Waals surface area contributed by atoms with Gasteiger partial charge in [-0.3, -0.25) is 0 Å². The molecule has 1 atom stereocenters. The van der Waals surface area contributed by atoms with Crippen LogP contribution in [0.3, 0.4) is 0 Å². The molecule has 0 rings (SSSR count). The predicted octanol–water partition coefficient (Wildman–Crippen LogP) is 12.5. The fraction of sp³-hybridized carbons (Fsp3) is 0.829. The normalized spacial score (nSPS) is 13.1. The van der Waals surface area contributed by atoms with E-state index in [2.05, 4.69) is 58.1 Å². The van der Waals surface area contributed by atoms with E-state index in [9.17, 15) is 0 Å². The molecule has 1 unspecified atom stereocenters. The highest BCUT2D eigenvalue weighted by atomic mass is 16.5. The largest absolute Gasteiger partial charge is 0.501 e. The van der Waals surface area contributed by atoms with Crippen molar-refractivity contribution < 1.29 is 4.74 Å². The molecule has 0 aliphatic carbocycles. The average molecular weight is 503 g/mol. The Labute approximate surface area is 228 Å².